The molecule has 49 heavy (non-hydrogen) atoms. The van der Waals surface area contributed by atoms with Crippen LogP contribution in [0.25, 0.3) is 21.6 Å². The Bertz CT molecular complexity index is 1930. The molecule has 0 bridgehead atoms. The summed E-state index contributed by atoms with van der Waals surface area (Å²) in [5, 5.41) is 5.74. The summed E-state index contributed by atoms with van der Waals surface area (Å²) in [6.07, 6.45) is 9.34. The summed E-state index contributed by atoms with van der Waals surface area (Å²) in [4.78, 5) is 52.7. The highest BCUT2D eigenvalue weighted by molar-refractivity contribution is 7.91. The van der Waals surface area contributed by atoms with Gasteiger partial charge in [0.05, 0.1) is 29.7 Å². The Balaban J connectivity index is 1.20. The first-order valence-electron chi connectivity index (χ1n) is 16.9. The number of allylic oxidation sites excluding steroid dienone is 1. The van der Waals surface area contributed by atoms with Gasteiger partial charge in [0.1, 0.15) is 33.8 Å². The number of carbonyl (C=O) groups excluding carboxylic acids is 3. The third-order valence-electron chi connectivity index (χ3n) is 10.3. The fourth-order valence-electron chi connectivity index (χ4n) is 7.23. The van der Waals surface area contributed by atoms with Gasteiger partial charge < -0.3 is 19.7 Å². The maximum Gasteiger partial charge on any atom is 0.259 e. The Kier molecular flexibility index (Phi) is 8.89. The molecule has 0 spiro atoms. The molecule has 1 aromatic carbocycles. The minimum absolute atomic E-state index is 0.148. The van der Waals surface area contributed by atoms with Gasteiger partial charge in [-0.05, 0) is 70.4 Å². The first-order chi connectivity index (χ1) is 23.5. The number of aryl methyl sites for hydroxylation is 1. The molecule has 3 heterocycles. The van der Waals surface area contributed by atoms with E-state index < -0.39 is 50.6 Å². The highest BCUT2D eigenvalue weighted by Crippen LogP contribution is 2.47. The molecule has 3 aliphatic carbocycles. The van der Waals surface area contributed by atoms with Gasteiger partial charge >= 0.3 is 0 Å². The molecule has 14 heteroatoms. The monoisotopic (exact) mass is 707 g/mol. The zero-order valence-corrected chi connectivity index (χ0v) is 29.4. The van der Waals surface area contributed by atoms with Crippen LogP contribution in [0.1, 0.15) is 56.9 Å². The summed E-state index contributed by atoms with van der Waals surface area (Å²) in [6, 6.07) is 5.60. The number of hydrogen-bond acceptors (Lipinski definition) is 10. The summed E-state index contributed by atoms with van der Waals surface area (Å²) in [5.41, 5.74) is 0.799. The number of fused-ring (bicyclic) bond motifs is 3. The maximum absolute atomic E-state index is 14.2. The Morgan fingerprint density at radius 2 is 1.94 bits per heavy atom. The van der Waals surface area contributed by atoms with Crippen LogP contribution >= 0.6 is 11.3 Å². The zero-order valence-electron chi connectivity index (χ0n) is 27.8. The smallest absolute Gasteiger partial charge is 0.259 e. The van der Waals surface area contributed by atoms with Gasteiger partial charge in [-0.1, -0.05) is 12.2 Å². The minimum Gasteiger partial charge on any atom is -0.496 e. The highest BCUT2D eigenvalue weighted by atomic mass is 32.2. The summed E-state index contributed by atoms with van der Waals surface area (Å²) in [6.45, 7) is 2.49. The van der Waals surface area contributed by atoms with E-state index in [0.29, 0.717) is 48.5 Å². The molecule has 260 valence electrons. The van der Waals surface area contributed by atoms with Gasteiger partial charge in [0.2, 0.25) is 21.8 Å². The third-order valence-corrected chi connectivity index (χ3v) is 12.9. The van der Waals surface area contributed by atoms with Crippen LogP contribution in [0.3, 0.4) is 0 Å². The fourth-order valence-corrected chi connectivity index (χ4v) is 9.19. The van der Waals surface area contributed by atoms with Crippen LogP contribution in [0.15, 0.2) is 41.9 Å². The molecule has 12 nitrogen and oxygen atoms in total. The lowest BCUT2D eigenvalue weighted by molar-refractivity contribution is -0.140. The second kappa shape index (κ2) is 13.0. The molecule has 0 radical (unpaired) electrons. The first kappa shape index (κ1) is 33.5. The van der Waals surface area contributed by atoms with Crippen molar-refractivity contribution in [3.63, 3.8) is 0 Å². The fraction of sp³-hybridized carbons (Fsp3) is 0.514. The van der Waals surface area contributed by atoms with Gasteiger partial charge in [-0.2, -0.15) is 0 Å². The van der Waals surface area contributed by atoms with Crippen LogP contribution in [-0.2, 0) is 24.4 Å². The predicted octanol–water partition coefficient (Wildman–Crippen LogP) is 4.13. The Morgan fingerprint density at radius 3 is 2.67 bits per heavy atom. The van der Waals surface area contributed by atoms with E-state index >= 15 is 0 Å². The topological polar surface area (TPSA) is 157 Å². The van der Waals surface area contributed by atoms with Gasteiger partial charge in [-0.15, -0.1) is 11.3 Å². The lowest BCUT2D eigenvalue weighted by Crippen LogP contribution is -2.54. The van der Waals surface area contributed by atoms with Crippen molar-refractivity contribution in [3.05, 3.63) is 47.5 Å². The molecule has 3 saturated carbocycles. The largest absolute Gasteiger partial charge is 0.496 e. The summed E-state index contributed by atoms with van der Waals surface area (Å²) in [7, 11) is -0.452. The Hall–Kier alpha value is -4.04. The van der Waals surface area contributed by atoms with Crippen molar-refractivity contribution in [2.75, 3.05) is 20.7 Å². The number of aromatic nitrogens is 2. The van der Waals surface area contributed by atoms with Gasteiger partial charge in [0.25, 0.3) is 5.91 Å². The SMILES string of the molecule is COc1ccc2c(O[C@@H]3C[C@H]4C(=O)N[C@]5(C(=O)NS(=O)(=O)C6CC6)C[C@H]5/C=C\CCCCN(C)C(=O)[C@@H]4C3)cc(-c3nccs3)nc2c1C. The lowest BCUT2D eigenvalue weighted by Gasteiger charge is -2.26. The van der Waals surface area contributed by atoms with Crippen molar-refractivity contribution in [2.45, 2.75) is 75.2 Å². The number of nitrogens with zero attached hydrogens (tertiary/aromatic N) is 3. The van der Waals surface area contributed by atoms with Crippen molar-refractivity contribution >= 4 is 50.0 Å². The number of benzene rings is 1. The van der Waals surface area contributed by atoms with E-state index in [1.165, 1.54) is 11.3 Å². The second-order valence-corrected chi connectivity index (χ2v) is 16.5. The van der Waals surface area contributed by atoms with Gasteiger partial charge in [0.15, 0.2) is 0 Å². The Labute approximate surface area is 289 Å². The molecule has 2 N–H and O–H groups in total. The molecule has 0 saturated heterocycles. The van der Waals surface area contributed by atoms with E-state index in [1.54, 1.807) is 25.3 Å². The van der Waals surface area contributed by atoms with Crippen LogP contribution in [0.5, 0.6) is 11.5 Å². The van der Waals surface area contributed by atoms with Crippen molar-refractivity contribution in [1.82, 2.24) is 24.9 Å². The maximum atomic E-state index is 14.2. The van der Waals surface area contributed by atoms with E-state index in [9.17, 15) is 22.8 Å². The summed E-state index contributed by atoms with van der Waals surface area (Å²) < 4.78 is 40.0. The van der Waals surface area contributed by atoms with Crippen molar-refractivity contribution in [3.8, 4) is 22.2 Å². The van der Waals surface area contributed by atoms with E-state index in [4.69, 9.17) is 14.5 Å². The number of carbonyl (C=O) groups is 3. The number of thiazole rings is 1. The molecule has 5 atom stereocenters. The average molecular weight is 708 g/mol. The van der Waals surface area contributed by atoms with Gasteiger partial charge in [0, 0.05) is 48.1 Å². The second-order valence-electron chi connectivity index (χ2n) is 13.7. The normalized spacial score (nSPS) is 28.2. The molecule has 3 aromatic rings. The molecule has 2 aromatic heterocycles. The van der Waals surface area contributed by atoms with Crippen molar-refractivity contribution < 1.29 is 32.3 Å². The molecule has 4 aliphatic rings. The van der Waals surface area contributed by atoms with Crippen molar-refractivity contribution in [1.29, 1.82) is 0 Å². The zero-order chi connectivity index (χ0) is 34.5. The van der Waals surface area contributed by atoms with Crippen LogP contribution < -0.4 is 19.5 Å². The first-order valence-corrected chi connectivity index (χ1v) is 19.3. The summed E-state index contributed by atoms with van der Waals surface area (Å²) in [5.74, 6) is -1.88. The van der Waals surface area contributed by atoms with Gasteiger partial charge in [-0.25, -0.2) is 18.4 Å². The van der Waals surface area contributed by atoms with Gasteiger partial charge in [-0.3, -0.25) is 19.1 Å². The van der Waals surface area contributed by atoms with Crippen LogP contribution in [0.2, 0.25) is 0 Å². The number of methoxy groups -OCH3 is 1. The lowest BCUT2D eigenvalue weighted by atomic mass is 9.93. The van der Waals surface area contributed by atoms with Crippen LogP contribution in [-0.4, -0.2) is 78.6 Å². The standard InChI is InChI=1S/C35H41N5O7S2/c1-20-28(46-3)12-11-24-29(18-27(37-30(20)24)32-36-13-15-48-32)47-22-16-25-26(17-22)33(42)40(2)14-7-5-4-6-8-21-19-35(21,38-31(25)41)34(43)39-49(44,45)23-9-10-23/h6,8,11-13,15,18,21-23,25-26H,4-5,7,9-10,14,16-17,19H2,1-3H3,(H,38,41)(H,39,43)/b8-6-/t21-,22-,25-,26-,35-/m1/s1. The van der Waals surface area contributed by atoms with E-state index in [0.717, 1.165) is 35.2 Å². The predicted molar refractivity (Wildman–Crippen MR) is 184 cm³/mol. The van der Waals surface area contributed by atoms with Crippen molar-refractivity contribution in [2.24, 2.45) is 17.8 Å². The van der Waals surface area contributed by atoms with E-state index in [-0.39, 0.29) is 24.7 Å². The molecule has 7 rings (SSSR count). The van der Waals surface area contributed by atoms with Crippen LogP contribution in [0, 0.1) is 24.7 Å². The average Bonchev–Trinajstić information content (AvgIpc) is 3.94. The molecule has 3 fully saturated rings. The third kappa shape index (κ3) is 6.52. The number of pyridine rings is 1. The molecule has 1 aliphatic heterocycles. The summed E-state index contributed by atoms with van der Waals surface area (Å²) >= 11 is 1.46. The number of amides is 3. The number of ether oxygens (including phenoxy) is 2. The number of rotatable bonds is 7. The molecule has 3 amide bonds. The molecular formula is C35H41N5O7S2. The van der Waals surface area contributed by atoms with E-state index in [2.05, 4.69) is 15.0 Å². The number of sulfonamides is 1. The number of hydrogen-bond donors (Lipinski definition) is 2. The van der Waals surface area contributed by atoms with E-state index in [1.807, 2.05) is 42.7 Å². The molecular weight excluding hydrogens is 667 g/mol. The quantitative estimate of drug-likeness (QED) is 0.345. The van der Waals surface area contributed by atoms with Crippen LogP contribution in [0.4, 0.5) is 0 Å². The minimum atomic E-state index is -3.82. The number of nitrogens with one attached hydrogen (secondary N) is 2. The highest BCUT2D eigenvalue weighted by Gasteiger charge is 2.62. The Morgan fingerprint density at radius 1 is 1.14 bits per heavy atom. The molecule has 0 unspecified atom stereocenters.